The van der Waals surface area contributed by atoms with Crippen LogP contribution in [0, 0.1) is 0 Å². The molecule has 0 aliphatic rings. The number of fused-ring (bicyclic) bond motifs is 1. The highest BCUT2D eigenvalue weighted by Crippen LogP contribution is 2.42. The predicted molar refractivity (Wildman–Crippen MR) is 131 cm³/mol. The first kappa shape index (κ1) is 23.0. The first-order valence-corrected chi connectivity index (χ1v) is 10.5. The molecule has 0 saturated carbocycles. The van der Waals surface area contributed by atoms with Gasteiger partial charge in [0.25, 0.3) is 5.91 Å². The lowest BCUT2D eigenvalue weighted by molar-refractivity contribution is 0.102. The lowest BCUT2D eigenvalue weighted by Gasteiger charge is -2.14. The van der Waals surface area contributed by atoms with Crippen molar-refractivity contribution in [1.82, 2.24) is 0 Å². The van der Waals surface area contributed by atoms with Crippen LogP contribution in [0.4, 0.5) is 11.4 Å². The van der Waals surface area contributed by atoms with Gasteiger partial charge in [-0.25, -0.2) is 0 Å². The van der Waals surface area contributed by atoms with Crippen LogP contribution in [-0.4, -0.2) is 27.2 Å². The second kappa shape index (κ2) is 9.36. The molecule has 0 fully saturated rings. The highest BCUT2D eigenvalue weighted by atomic mass is 35.5. The molecule has 4 aromatic rings. The minimum Gasteiger partial charge on any atom is -0.493 e. The van der Waals surface area contributed by atoms with Gasteiger partial charge in [0.15, 0.2) is 16.9 Å². The maximum atomic E-state index is 13.0. The number of nitrogens with one attached hydrogen (secondary N) is 1. The van der Waals surface area contributed by atoms with E-state index < -0.39 is 5.91 Å². The van der Waals surface area contributed by atoms with E-state index in [-0.39, 0.29) is 32.7 Å². The van der Waals surface area contributed by atoms with Crippen LogP contribution in [-0.2, 0) is 0 Å². The van der Waals surface area contributed by atoms with Gasteiger partial charge in [-0.2, -0.15) is 0 Å². The number of hydrogen-bond donors (Lipinski definition) is 2. The van der Waals surface area contributed by atoms with E-state index in [9.17, 15) is 9.59 Å². The third-order valence-electron chi connectivity index (χ3n) is 5.16. The van der Waals surface area contributed by atoms with Crippen molar-refractivity contribution in [3.8, 4) is 28.6 Å². The topological polar surface area (TPSA) is 113 Å². The van der Waals surface area contributed by atoms with Gasteiger partial charge < -0.3 is 29.7 Å². The maximum Gasteiger partial charge on any atom is 0.257 e. The Balaban J connectivity index is 1.75. The van der Waals surface area contributed by atoms with Crippen LogP contribution in [0.5, 0.6) is 17.2 Å². The van der Waals surface area contributed by atoms with Crippen LogP contribution >= 0.6 is 11.6 Å². The number of rotatable bonds is 6. The number of amides is 1. The summed E-state index contributed by atoms with van der Waals surface area (Å²) in [7, 11) is 4.37. The number of halogens is 1. The van der Waals surface area contributed by atoms with E-state index in [4.69, 9.17) is 36.0 Å². The molecule has 3 aromatic carbocycles. The van der Waals surface area contributed by atoms with E-state index in [0.717, 1.165) is 0 Å². The Hall–Kier alpha value is -4.17. The molecule has 0 aliphatic carbocycles. The largest absolute Gasteiger partial charge is 0.493 e. The predicted octanol–water partition coefficient (Wildman–Crippen LogP) is 4.97. The Bertz CT molecular complexity index is 1460. The van der Waals surface area contributed by atoms with Crippen LogP contribution in [0.3, 0.4) is 0 Å². The molecule has 1 amide bonds. The number of carbonyl (C=O) groups excluding carboxylic acids is 1. The molecule has 8 nitrogen and oxygen atoms in total. The van der Waals surface area contributed by atoms with E-state index in [1.807, 2.05) is 0 Å². The highest BCUT2D eigenvalue weighted by Gasteiger charge is 2.21. The second-order valence-electron chi connectivity index (χ2n) is 7.27. The Morgan fingerprint density at radius 3 is 2.44 bits per heavy atom. The molecule has 0 atom stereocenters. The van der Waals surface area contributed by atoms with Crippen LogP contribution in [0.15, 0.2) is 63.8 Å². The molecule has 1 aromatic heterocycles. The fourth-order valence-electron chi connectivity index (χ4n) is 3.59. The fourth-order valence-corrected chi connectivity index (χ4v) is 3.80. The van der Waals surface area contributed by atoms with E-state index in [2.05, 4.69) is 5.32 Å². The van der Waals surface area contributed by atoms with Crippen molar-refractivity contribution < 1.29 is 23.4 Å². The minimum atomic E-state index is -0.420. The lowest BCUT2D eigenvalue weighted by Crippen LogP contribution is -2.13. The molecule has 0 radical (unpaired) electrons. The summed E-state index contributed by atoms with van der Waals surface area (Å²) in [6, 6.07) is 14.5. The van der Waals surface area contributed by atoms with E-state index in [1.54, 1.807) is 42.5 Å². The second-order valence-corrected chi connectivity index (χ2v) is 7.67. The Kier molecular flexibility index (Phi) is 6.34. The summed E-state index contributed by atoms with van der Waals surface area (Å²) >= 11 is 6.13. The Morgan fingerprint density at radius 2 is 1.74 bits per heavy atom. The number of nitrogen functional groups attached to an aromatic ring is 1. The van der Waals surface area contributed by atoms with Crippen molar-refractivity contribution in [3.05, 3.63) is 75.4 Å². The average molecular weight is 481 g/mol. The van der Waals surface area contributed by atoms with Gasteiger partial charge in [0.1, 0.15) is 16.7 Å². The smallest absolute Gasteiger partial charge is 0.257 e. The van der Waals surface area contributed by atoms with Crippen LogP contribution in [0.2, 0.25) is 5.02 Å². The first-order valence-electron chi connectivity index (χ1n) is 10.1. The number of nitrogens with two attached hydrogens (primary N) is 1. The van der Waals surface area contributed by atoms with Crippen molar-refractivity contribution in [3.63, 3.8) is 0 Å². The van der Waals surface area contributed by atoms with Crippen molar-refractivity contribution in [2.45, 2.75) is 0 Å². The molecule has 0 saturated heterocycles. The summed E-state index contributed by atoms with van der Waals surface area (Å²) in [6.07, 6.45) is 0. The van der Waals surface area contributed by atoms with Crippen molar-refractivity contribution in [2.24, 2.45) is 0 Å². The first-order chi connectivity index (χ1) is 16.4. The zero-order valence-electron chi connectivity index (χ0n) is 18.6. The molecule has 0 aliphatic heterocycles. The lowest BCUT2D eigenvalue weighted by atomic mass is 10.1. The minimum absolute atomic E-state index is 0.220. The van der Waals surface area contributed by atoms with Crippen LogP contribution in [0.25, 0.3) is 22.3 Å². The number of benzene rings is 3. The zero-order chi connectivity index (χ0) is 24.4. The van der Waals surface area contributed by atoms with Gasteiger partial charge in [0, 0.05) is 29.1 Å². The third-order valence-corrected chi connectivity index (χ3v) is 5.49. The molecule has 3 N–H and O–H groups in total. The molecule has 0 bridgehead atoms. The van der Waals surface area contributed by atoms with Crippen molar-refractivity contribution in [2.75, 3.05) is 32.4 Å². The third kappa shape index (κ3) is 4.23. The van der Waals surface area contributed by atoms with E-state index in [0.29, 0.717) is 34.2 Å². The molecule has 4 rings (SSSR count). The quantitative estimate of drug-likeness (QED) is 0.374. The monoisotopic (exact) mass is 480 g/mol. The van der Waals surface area contributed by atoms with Crippen LogP contribution < -0.4 is 30.7 Å². The molecule has 9 heteroatoms. The summed E-state index contributed by atoms with van der Waals surface area (Å²) in [5, 5.41) is 3.29. The summed E-state index contributed by atoms with van der Waals surface area (Å²) in [5.41, 5.74) is 7.43. The number of anilines is 2. The number of methoxy groups -OCH3 is 3. The maximum absolute atomic E-state index is 13.0. The van der Waals surface area contributed by atoms with Gasteiger partial charge in [-0.05, 0) is 30.3 Å². The van der Waals surface area contributed by atoms with E-state index in [1.165, 1.54) is 33.5 Å². The Morgan fingerprint density at radius 1 is 0.971 bits per heavy atom. The average Bonchev–Trinajstić information content (AvgIpc) is 2.84. The van der Waals surface area contributed by atoms with Gasteiger partial charge in [0.2, 0.25) is 5.75 Å². The molecular formula is C25H21ClN2O6. The summed E-state index contributed by atoms with van der Waals surface area (Å²) in [6.45, 7) is 0. The molecule has 34 heavy (non-hydrogen) atoms. The van der Waals surface area contributed by atoms with Gasteiger partial charge >= 0.3 is 0 Å². The molecule has 174 valence electrons. The van der Waals surface area contributed by atoms with Crippen molar-refractivity contribution >= 4 is 39.9 Å². The zero-order valence-corrected chi connectivity index (χ0v) is 19.4. The van der Waals surface area contributed by atoms with Crippen molar-refractivity contribution in [1.29, 1.82) is 0 Å². The summed E-state index contributed by atoms with van der Waals surface area (Å²) < 4.78 is 22.2. The highest BCUT2D eigenvalue weighted by molar-refractivity contribution is 6.34. The van der Waals surface area contributed by atoms with Gasteiger partial charge in [-0.1, -0.05) is 23.7 Å². The van der Waals surface area contributed by atoms with Gasteiger partial charge in [-0.3, -0.25) is 9.59 Å². The molecular weight excluding hydrogens is 460 g/mol. The van der Waals surface area contributed by atoms with E-state index >= 15 is 0 Å². The van der Waals surface area contributed by atoms with Gasteiger partial charge in [-0.15, -0.1) is 0 Å². The SMILES string of the molecule is COc1cc2oc(-c3cccc(NC(=O)c4cc(N)ccc4Cl)c3)cc(=O)c2c(OC)c1OC. The number of ether oxygens (including phenoxy) is 3. The standard InChI is InChI=1S/C25H21ClN2O6/c1-31-21-12-20-22(24(33-3)23(21)32-2)18(29)11-19(34-20)13-5-4-6-15(9-13)28-25(30)16-10-14(27)7-8-17(16)26/h4-12H,27H2,1-3H3,(H,28,30). The normalized spacial score (nSPS) is 10.7. The summed E-state index contributed by atoms with van der Waals surface area (Å²) in [4.78, 5) is 25.7. The fraction of sp³-hybridized carbons (Fsp3) is 0.120. The molecule has 0 unspecified atom stereocenters. The summed E-state index contributed by atoms with van der Waals surface area (Å²) in [5.74, 6) is 0.743. The Labute approximate surface area is 199 Å². The molecule has 0 spiro atoms. The molecule has 1 heterocycles. The van der Waals surface area contributed by atoms with Gasteiger partial charge in [0.05, 0.1) is 31.9 Å². The number of hydrogen-bond acceptors (Lipinski definition) is 7. The van der Waals surface area contributed by atoms with Crippen LogP contribution in [0.1, 0.15) is 10.4 Å². The number of carbonyl (C=O) groups is 1.